The van der Waals surface area contributed by atoms with Gasteiger partial charge in [0, 0.05) is 53.8 Å². The molecule has 224 valence electrons. The van der Waals surface area contributed by atoms with E-state index in [1.807, 2.05) is 11.8 Å². The van der Waals surface area contributed by atoms with Crippen molar-refractivity contribution < 1.29 is 0 Å². The molecule has 0 radical (unpaired) electrons. The zero-order valence-corrected chi connectivity index (χ0v) is 27.4. The van der Waals surface area contributed by atoms with E-state index < -0.39 is 0 Å². The molecule has 1 aromatic rings. The monoisotopic (exact) mass is 569 g/mol. The van der Waals surface area contributed by atoms with E-state index in [1.54, 1.807) is 0 Å². The van der Waals surface area contributed by atoms with Crippen LogP contribution >= 0.6 is 11.8 Å². The summed E-state index contributed by atoms with van der Waals surface area (Å²) in [4.78, 5) is 22.0. The van der Waals surface area contributed by atoms with E-state index in [0.717, 1.165) is 77.3 Å². The minimum absolute atomic E-state index is 0.911. The van der Waals surface area contributed by atoms with Gasteiger partial charge in [0.2, 0.25) is 0 Å². The topological polar surface area (TPSA) is 31.8 Å². The van der Waals surface area contributed by atoms with Gasteiger partial charge in [0.05, 0.1) is 11.4 Å². The van der Waals surface area contributed by atoms with Gasteiger partial charge in [0.15, 0.2) is 0 Å². The minimum atomic E-state index is 0.911. The lowest BCUT2D eigenvalue weighted by Gasteiger charge is -2.31. The van der Waals surface area contributed by atoms with E-state index in [1.165, 1.54) is 39.7 Å². The molecule has 0 fully saturated rings. The summed E-state index contributed by atoms with van der Waals surface area (Å²) < 4.78 is 0. The van der Waals surface area contributed by atoms with Crippen LogP contribution in [0.5, 0.6) is 0 Å². The van der Waals surface area contributed by atoms with Gasteiger partial charge >= 0.3 is 0 Å². The summed E-state index contributed by atoms with van der Waals surface area (Å²) in [5.41, 5.74) is 5.02. The van der Waals surface area contributed by atoms with Crippen LogP contribution in [0.1, 0.15) is 32.1 Å². The summed E-state index contributed by atoms with van der Waals surface area (Å²) in [7, 11) is 17.3. The second-order valence-corrected chi connectivity index (χ2v) is 13.3. The molecule has 2 aliphatic rings. The van der Waals surface area contributed by atoms with E-state index in [0.29, 0.717) is 0 Å². The van der Waals surface area contributed by atoms with E-state index >= 15 is 0 Å². The summed E-state index contributed by atoms with van der Waals surface area (Å²) in [5, 5.41) is 0. The first-order chi connectivity index (χ1) is 19.1. The smallest absolute Gasteiger partial charge is 0.0774 e. The molecular formula is C32H55N7S. The molecule has 3 rings (SSSR count). The fourth-order valence-electron chi connectivity index (χ4n) is 5.18. The van der Waals surface area contributed by atoms with Crippen LogP contribution in [-0.4, -0.2) is 139 Å². The third-order valence-electron chi connectivity index (χ3n) is 7.35. The Bertz CT molecular complexity index is 985. The lowest BCUT2D eigenvalue weighted by atomic mass is 10.1. The molecule has 1 heterocycles. The van der Waals surface area contributed by atoms with Gasteiger partial charge in [-0.05, 0) is 133 Å². The van der Waals surface area contributed by atoms with Crippen LogP contribution in [0.2, 0.25) is 0 Å². The molecule has 0 saturated carbocycles. The zero-order valence-electron chi connectivity index (χ0n) is 26.6. The zero-order chi connectivity index (χ0) is 29.1. The Morgan fingerprint density at radius 3 is 1.65 bits per heavy atom. The molecule has 40 heavy (non-hydrogen) atoms. The predicted octanol–water partition coefficient (Wildman–Crippen LogP) is 4.95. The van der Waals surface area contributed by atoms with Crippen molar-refractivity contribution in [3.05, 3.63) is 41.0 Å². The van der Waals surface area contributed by atoms with Crippen LogP contribution in [0, 0.1) is 0 Å². The number of benzene rings is 1. The summed E-state index contributed by atoms with van der Waals surface area (Å²) >= 11 is 1.91. The van der Waals surface area contributed by atoms with E-state index in [-0.39, 0.29) is 0 Å². The summed E-state index contributed by atoms with van der Waals surface area (Å²) in [6.45, 7) is 8.79. The van der Waals surface area contributed by atoms with Crippen LogP contribution in [0.15, 0.2) is 50.8 Å². The molecule has 1 aliphatic heterocycles. The highest BCUT2D eigenvalue weighted by atomic mass is 32.2. The number of nitrogens with zero attached hydrogens (tertiary/aromatic N) is 7. The van der Waals surface area contributed by atoms with E-state index in [9.17, 15) is 0 Å². The highest BCUT2D eigenvalue weighted by molar-refractivity contribution is 8.04. The number of allylic oxidation sites excluding steroid dienone is 3. The number of anilines is 1. The molecule has 1 aromatic carbocycles. The van der Waals surface area contributed by atoms with Crippen molar-refractivity contribution in [1.82, 2.24) is 24.5 Å². The Kier molecular flexibility index (Phi) is 13.5. The Labute approximate surface area is 249 Å². The van der Waals surface area contributed by atoms with Gasteiger partial charge in [-0.15, -0.1) is 0 Å². The van der Waals surface area contributed by atoms with Gasteiger partial charge in [-0.25, -0.2) is 0 Å². The summed E-state index contributed by atoms with van der Waals surface area (Å²) in [5.74, 6) is 0. The molecule has 8 heteroatoms. The van der Waals surface area contributed by atoms with Gasteiger partial charge in [0.1, 0.15) is 0 Å². The first kappa shape index (κ1) is 32.7. The third-order valence-corrected chi connectivity index (χ3v) is 8.47. The molecule has 0 saturated heterocycles. The highest BCUT2D eigenvalue weighted by Crippen LogP contribution is 2.44. The second kappa shape index (κ2) is 16.6. The molecule has 0 bridgehead atoms. The maximum absolute atomic E-state index is 5.12. The second-order valence-electron chi connectivity index (χ2n) is 12.3. The van der Waals surface area contributed by atoms with Crippen molar-refractivity contribution in [3.8, 4) is 0 Å². The molecule has 0 unspecified atom stereocenters. The highest BCUT2D eigenvalue weighted by Gasteiger charge is 2.23. The largest absolute Gasteiger partial charge is 0.372 e. The summed E-state index contributed by atoms with van der Waals surface area (Å²) in [6.07, 6.45) is 10.4. The first-order valence-electron chi connectivity index (χ1n) is 15.0. The molecule has 0 spiro atoms. The standard InChI is InChI=1S/C32H55N7S/c1-34(2)17-9-21-38(22-10-18-35(3)4)27-13-15-29-31(25-27)40-32-26-28(14-16-30(32)33-29)39(23-11-19-36(5)6)24-12-20-37(7)8/h13-15,25-26H,9-12,16-24H2,1-8H3. The first-order valence-corrected chi connectivity index (χ1v) is 15.8. The van der Waals surface area contributed by atoms with E-state index in [4.69, 9.17) is 4.99 Å². The predicted molar refractivity (Wildman–Crippen MR) is 177 cm³/mol. The maximum Gasteiger partial charge on any atom is 0.0774 e. The number of aliphatic imine (C=N–C) groups is 1. The van der Waals surface area contributed by atoms with Crippen molar-refractivity contribution in [2.45, 2.75) is 37.0 Å². The Morgan fingerprint density at radius 2 is 1.15 bits per heavy atom. The van der Waals surface area contributed by atoms with Crippen molar-refractivity contribution >= 4 is 28.8 Å². The molecular weight excluding hydrogens is 514 g/mol. The number of hydrogen-bond donors (Lipinski definition) is 0. The quantitative estimate of drug-likeness (QED) is 0.247. The van der Waals surface area contributed by atoms with Crippen molar-refractivity contribution in [1.29, 1.82) is 0 Å². The van der Waals surface area contributed by atoms with Crippen LogP contribution in [0.3, 0.4) is 0 Å². The van der Waals surface area contributed by atoms with Crippen LogP contribution < -0.4 is 4.90 Å². The number of thioether (sulfide) groups is 1. The fourth-order valence-corrected chi connectivity index (χ4v) is 6.24. The molecule has 0 atom stereocenters. The normalized spacial score (nSPS) is 14.8. The van der Waals surface area contributed by atoms with Crippen molar-refractivity contribution in [2.24, 2.45) is 4.99 Å². The lowest BCUT2D eigenvalue weighted by Crippen LogP contribution is -2.30. The van der Waals surface area contributed by atoms with Crippen molar-refractivity contribution in [3.63, 3.8) is 0 Å². The van der Waals surface area contributed by atoms with Gasteiger partial charge in [-0.2, -0.15) is 0 Å². The Hall–Kier alpha value is -1.84. The average Bonchev–Trinajstić information content (AvgIpc) is 2.89. The Balaban J connectivity index is 1.75. The lowest BCUT2D eigenvalue weighted by molar-refractivity contribution is 0.292. The van der Waals surface area contributed by atoms with Gasteiger partial charge < -0.3 is 29.4 Å². The SMILES string of the molecule is CN(C)CCCN(CCCN(C)C)C1=CCC2=Nc3ccc(N(CCCN(C)C)CCCN(C)C)cc3SC2=C1. The van der Waals surface area contributed by atoms with Crippen LogP contribution in [-0.2, 0) is 0 Å². The van der Waals surface area contributed by atoms with Gasteiger partial charge in [-0.1, -0.05) is 17.8 Å². The maximum atomic E-state index is 5.12. The molecule has 0 amide bonds. The molecule has 1 aliphatic carbocycles. The number of fused-ring (bicyclic) bond motifs is 2. The number of rotatable bonds is 18. The van der Waals surface area contributed by atoms with Crippen LogP contribution in [0.25, 0.3) is 0 Å². The van der Waals surface area contributed by atoms with Gasteiger partial charge in [-0.3, -0.25) is 4.99 Å². The minimum Gasteiger partial charge on any atom is -0.372 e. The average molecular weight is 570 g/mol. The number of hydrogen-bond acceptors (Lipinski definition) is 8. The van der Waals surface area contributed by atoms with Crippen LogP contribution in [0.4, 0.5) is 11.4 Å². The summed E-state index contributed by atoms with van der Waals surface area (Å²) in [6, 6.07) is 6.90. The molecule has 7 nitrogen and oxygen atoms in total. The van der Waals surface area contributed by atoms with Gasteiger partial charge in [0.25, 0.3) is 0 Å². The Morgan fingerprint density at radius 1 is 0.650 bits per heavy atom. The molecule has 0 N–H and O–H groups in total. The fraction of sp³-hybridized carbons (Fsp3) is 0.656. The third kappa shape index (κ3) is 10.9. The molecule has 0 aromatic heterocycles. The van der Waals surface area contributed by atoms with Crippen molar-refractivity contribution in [2.75, 3.05) is 114 Å². The van der Waals surface area contributed by atoms with E-state index in [2.05, 4.69) is 116 Å².